The van der Waals surface area contributed by atoms with Crippen LogP contribution in [0.3, 0.4) is 0 Å². The van der Waals surface area contributed by atoms with E-state index < -0.39 is 6.29 Å². The summed E-state index contributed by atoms with van der Waals surface area (Å²) in [6.45, 7) is 12.6. The van der Waals surface area contributed by atoms with E-state index in [1.165, 1.54) is 11.4 Å². The summed E-state index contributed by atoms with van der Waals surface area (Å²) in [6.07, 6.45) is 0.886. The largest absolute Gasteiger partial charge is 0.378 e. The van der Waals surface area contributed by atoms with Crippen LogP contribution in [0, 0.1) is 0 Å². The normalized spacial score (nSPS) is 16.3. The molecule has 1 N–H and O–H groups in total. The van der Waals surface area contributed by atoms with Crippen LogP contribution in [0.25, 0.3) is 5.57 Å². The van der Waals surface area contributed by atoms with Crippen LogP contribution in [0.4, 0.5) is 17.1 Å². The Balaban J connectivity index is 1.76. The van der Waals surface area contributed by atoms with E-state index in [0.29, 0.717) is 0 Å². The van der Waals surface area contributed by atoms with E-state index in [1.807, 2.05) is 25.1 Å². The van der Waals surface area contributed by atoms with Crippen LogP contribution in [-0.2, 0) is 4.74 Å². The minimum atomic E-state index is -0.938. The van der Waals surface area contributed by atoms with Crippen LogP contribution in [0.1, 0.15) is 62.3 Å². The maximum absolute atomic E-state index is 10.7. The summed E-state index contributed by atoms with van der Waals surface area (Å²) in [5, 5.41) is 10.7. The number of anilines is 3. The fourth-order valence-corrected chi connectivity index (χ4v) is 5.12. The van der Waals surface area contributed by atoms with Gasteiger partial charge in [0.25, 0.3) is 0 Å². The average molecular weight is 500 g/mol. The number of rotatable bonds is 10. The molecule has 0 amide bonds. The van der Waals surface area contributed by atoms with Crippen molar-refractivity contribution in [3.63, 3.8) is 0 Å². The molecule has 5 heteroatoms. The highest BCUT2D eigenvalue weighted by Crippen LogP contribution is 2.42. The van der Waals surface area contributed by atoms with Gasteiger partial charge in [0, 0.05) is 62.9 Å². The van der Waals surface area contributed by atoms with Crippen LogP contribution in [0.5, 0.6) is 0 Å². The highest BCUT2D eigenvalue weighted by Gasteiger charge is 2.30. The maximum Gasteiger partial charge on any atom is 0.182 e. The van der Waals surface area contributed by atoms with E-state index in [0.717, 1.165) is 59.7 Å². The Labute approximate surface area is 222 Å². The first kappa shape index (κ1) is 26.8. The molecular weight excluding hydrogens is 458 g/mol. The van der Waals surface area contributed by atoms with Crippen LogP contribution >= 0.6 is 0 Å². The third-order valence-electron chi connectivity index (χ3n) is 7.37. The Morgan fingerprint density at radius 1 is 0.703 bits per heavy atom. The Kier molecular flexibility index (Phi) is 8.57. The second-order valence-corrected chi connectivity index (χ2v) is 9.64. The van der Waals surface area contributed by atoms with Crippen molar-refractivity contribution in [2.45, 2.75) is 40.1 Å². The van der Waals surface area contributed by atoms with Gasteiger partial charge in [0.2, 0.25) is 0 Å². The molecule has 0 saturated carbocycles. The van der Waals surface area contributed by atoms with Gasteiger partial charge < -0.3 is 24.5 Å². The van der Waals surface area contributed by atoms with Gasteiger partial charge in [0.1, 0.15) is 6.10 Å². The van der Waals surface area contributed by atoms with E-state index >= 15 is 0 Å². The predicted molar refractivity (Wildman–Crippen MR) is 157 cm³/mol. The van der Waals surface area contributed by atoms with Crippen molar-refractivity contribution >= 4 is 22.6 Å². The zero-order valence-electron chi connectivity index (χ0n) is 23.1. The van der Waals surface area contributed by atoms with Crippen molar-refractivity contribution in [3.05, 3.63) is 95.1 Å². The highest BCUT2D eigenvalue weighted by molar-refractivity contribution is 5.82. The van der Waals surface area contributed by atoms with Gasteiger partial charge in [-0.25, -0.2) is 0 Å². The lowest BCUT2D eigenvalue weighted by atomic mass is 9.93. The van der Waals surface area contributed by atoms with E-state index in [9.17, 15) is 5.11 Å². The average Bonchev–Trinajstić information content (AvgIpc) is 3.24. The molecule has 0 saturated heterocycles. The minimum absolute atomic E-state index is 0.332. The summed E-state index contributed by atoms with van der Waals surface area (Å²) in [5.74, 6) is 0. The number of aliphatic hydroxyl groups excluding tert-OH is 1. The Hall–Kier alpha value is -3.28. The number of hydrogen-bond donors (Lipinski definition) is 1. The van der Waals surface area contributed by atoms with Crippen LogP contribution < -0.4 is 14.7 Å². The first-order valence-corrected chi connectivity index (χ1v) is 13.5. The van der Waals surface area contributed by atoms with Crippen molar-refractivity contribution in [3.8, 4) is 0 Å². The summed E-state index contributed by atoms with van der Waals surface area (Å²) in [4.78, 5) is 6.73. The Morgan fingerprint density at radius 2 is 1.16 bits per heavy atom. The highest BCUT2D eigenvalue weighted by atomic mass is 16.6. The summed E-state index contributed by atoms with van der Waals surface area (Å²) in [5.41, 5.74) is 8.68. The Morgan fingerprint density at radius 3 is 1.59 bits per heavy atom. The fourth-order valence-electron chi connectivity index (χ4n) is 5.12. The molecule has 1 aliphatic heterocycles. The first-order chi connectivity index (χ1) is 17.9. The van der Waals surface area contributed by atoms with E-state index in [1.54, 1.807) is 0 Å². The van der Waals surface area contributed by atoms with Crippen LogP contribution in [-0.4, -0.2) is 45.4 Å². The van der Waals surface area contributed by atoms with Gasteiger partial charge >= 0.3 is 0 Å². The number of ether oxygens (including phenoxy) is 1. The molecule has 196 valence electrons. The van der Waals surface area contributed by atoms with Crippen molar-refractivity contribution in [2.24, 2.45) is 0 Å². The maximum atomic E-state index is 10.7. The predicted octanol–water partition coefficient (Wildman–Crippen LogP) is 6.64. The molecule has 0 aromatic heterocycles. The zero-order chi connectivity index (χ0) is 26.5. The number of benzene rings is 3. The lowest BCUT2D eigenvalue weighted by molar-refractivity contribution is -0.106. The number of fused-ring (bicyclic) bond motifs is 1. The molecule has 1 aliphatic rings. The molecule has 2 atom stereocenters. The molecule has 3 aromatic rings. The second kappa shape index (κ2) is 11.8. The summed E-state index contributed by atoms with van der Waals surface area (Å²) >= 11 is 0. The van der Waals surface area contributed by atoms with Gasteiger partial charge in [-0.1, -0.05) is 30.3 Å². The van der Waals surface area contributed by atoms with Gasteiger partial charge in [-0.05, 0) is 92.4 Å². The summed E-state index contributed by atoms with van der Waals surface area (Å²) < 4.78 is 6.08. The molecule has 37 heavy (non-hydrogen) atoms. The molecule has 3 aromatic carbocycles. The molecule has 4 rings (SSSR count). The third kappa shape index (κ3) is 5.68. The molecule has 0 spiro atoms. The number of hydrogen-bond acceptors (Lipinski definition) is 5. The van der Waals surface area contributed by atoms with Gasteiger partial charge in [-0.3, -0.25) is 0 Å². The van der Waals surface area contributed by atoms with Crippen LogP contribution in [0.15, 0.2) is 72.8 Å². The van der Waals surface area contributed by atoms with Crippen molar-refractivity contribution in [1.82, 2.24) is 0 Å². The standard InChI is InChI=1S/C32H41N3O2/c1-7-34(8-2)25-15-11-23(12-16-25)29(24-13-17-26(18-14-24)35(9-3)10-4)22-31-28-20-19-27(33(5)6)21-30(28)32(36)37-31/h11-22,31-32,36H,7-10H2,1-6H3. The number of aliphatic hydroxyl groups is 1. The molecule has 0 radical (unpaired) electrons. The van der Waals surface area contributed by atoms with Gasteiger partial charge in [-0.2, -0.15) is 0 Å². The molecule has 0 aliphatic carbocycles. The lowest BCUT2D eigenvalue weighted by Gasteiger charge is -2.22. The van der Waals surface area contributed by atoms with Crippen molar-refractivity contribution in [1.29, 1.82) is 0 Å². The van der Waals surface area contributed by atoms with Crippen molar-refractivity contribution < 1.29 is 9.84 Å². The Bertz CT molecular complexity index is 1140. The minimum Gasteiger partial charge on any atom is -0.378 e. The summed E-state index contributed by atoms with van der Waals surface area (Å²) in [7, 11) is 4.01. The van der Waals surface area contributed by atoms with Gasteiger partial charge in [0.15, 0.2) is 6.29 Å². The molecule has 5 nitrogen and oxygen atoms in total. The third-order valence-corrected chi connectivity index (χ3v) is 7.37. The van der Waals surface area contributed by atoms with E-state index in [-0.39, 0.29) is 6.10 Å². The fraction of sp³-hybridized carbons (Fsp3) is 0.375. The lowest BCUT2D eigenvalue weighted by Crippen LogP contribution is -2.21. The van der Waals surface area contributed by atoms with Crippen molar-refractivity contribution in [2.75, 3.05) is 55.0 Å². The first-order valence-electron chi connectivity index (χ1n) is 13.5. The summed E-state index contributed by atoms with van der Waals surface area (Å²) in [6, 6.07) is 23.7. The molecule has 0 fully saturated rings. The van der Waals surface area contributed by atoms with Gasteiger partial charge in [0.05, 0.1) is 0 Å². The molecule has 0 bridgehead atoms. The topological polar surface area (TPSA) is 39.2 Å². The second-order valence-electron chi connectivity index (χ2n) is 9.64. The van der Waals surface area contributed by atoms with E-state index in [4.69, 9.17) is 4.74 Å². The quantitative estimate of drug-likeness (QED) is 0.339. The van der Waals surface area contributed by atoms with E-state index in [2.05, 4.69) is 104 Å². The monoisotopic (exact) mass is 499 g/mol. The molecular formula is C32H41N3O2. The molecule has 1 heterocycles. The SMILES string of the molecule is CCN(CC)c1ccc(C(=CC2OC(O)c3cc(N(C)C)ccc32)c2ccc(N(CC)CC)cc2)cc1. The van der Waals surface area contributed by atoms with Gasteiger partial charge in [-0.15, -0.1) is 0 Å². The number of nitrogens with zero attached hydrogens (tertiary/aromatic N) is 3. The molecule has 2 unspecified atom stereocenters. The zero-order valence-corrected chi connectivity index (χ0v) is 23.1. The smallest absolute Gasteiger partial charge is 0.182 e. The van der Waals surface area contributed by atoms with Crippen LogP contribution in [0.2, 0.25) is 0 Å².